The predicted octanol–water partition coefficient (Wildman–Crippen LogP) is 3.15. The van der Waals surface area contributed by atoms with Crippen LogP contribution in [0.2, 0.25) is 0 Å². The van der Waals surface area contributed by atoms with Crippen molar-refractivity contribution < 1.29 is 14.3 Å². The van der Waals surface area contributed by atoms with E-state index in [9.17, 15) is 9.59 Å². The molecule has 4 nitrogen and oxygen atoms in total. The summed E-state index contributed by atoms with van der Waals surface area (Å²) < 4.78 is 4.85. The van der Waals surface area contributed by atoms with Crippen LogP contribution in [0.4, 0.5) is 4.79 Å². The van der Waals surface area contributed by atoms with Crippen molar-refractivity contribution in [3.05, 3.63) is 0 Å². The lowest BCUT2D eigenvalue weighted by atomic mass is 9.89. The van der Waals surface area contributed by atoms with Crippen LogP contribution in [-0.4, -0.2) is 24.5 Å². The number of alkyl carbamates (subject to hydrolysis) is 1. The van der Waals surface area contributed by atoms with Crippen molar-refractivity contribution in [1.82, 2.24) is 5.32 Å². The quantitative estimate of drug-likeness (QED) is 0.726. The molecule has 0 fully saturated rings. The molecule has 0 aliphatic heterocycles. The minimum absolute atomic E-state index is 0.0238. The first-order valence-electron chi connectivity index (χ1n) is 6.93. The molecule has 0 bridgehead atoms. The zero-order valence-electron chi connectivity index (χ0n) is 12.3. The molecule has 0 rings (SSSR count). The summed E-state index contributed by atoms with van der Waals surface area (Å²) in [6.07, 6.45) is 1.79. The van der Waals surface area contributed by atoms with Gasteiger partial charge in [-0.25, -0.2) is 4.79 Å². The number of amides is 1. The molecule has 1 amide bonds. The van der Waals surface area contributed by atoms with Crippen LogP contribution in [0.15, 0.2) is 0 Å². The third kappa shape index (κ3) is 6.03. The molecule has 4 heteroatoms. The summed E-state index contributed by atoms with van der Waals surface area (Å²) in [5, 5.41) is 2.69. The maximum Gasteiger partial charge on any atom is 0.407 e. The van der Waals surface area contributed by atoms with Crippen LogP contribution in [0.5, 0.6) is 0 Å². The second-order valence-electron chi connectivity index (χ2n) is 4.96. The lowest BCUT2D eigenvalue weighted by Crippen LogP contribution is -2.44. The minimum Gasteiger partial charge on any atom is -0.450 e. The minimum atomic E-state index is -0.498. The van der Waals surface area contributed by atoms with Crippen LogP contribution >= 0.6 is 0 Å². The lowest BCUT2D eigenvalue weighted by Gasteiger charge is -2.23. The molecular formula is C14H27NO3. The number of rotatable bonds is 8. The van der Waals surface area contributed by atoms with Gasteiger partial charge in [0.15, 0.2) is 5.78 Å². The van der Waals surface area contributed by atoms with Crippen LogP contribution in [0.1, 0.15) is 53.9 Å². The Morgan fingerprint density at radius 1 is 1.11 bits per heavy atom. The van der Waals surface area contributed by atoms with Gasteiger partial charge in [-0.2, -0.15) is 0 Å². The monoisotopic (exact) mass is 257 g/mol. The fourth-order valence-corrected chi connectivity index (χ4v) is 2.01. The molecule has 106 valence electrons. The summed E-state index contributed by atoms with van der Waals surface area (Å²) in [7, 11) is 0. The first-order chi connectivity index (χ1) is 8.46. The Labute approximate surface area is 110 Å². The third-order valence-electron chi connectivity index (χ3n) is 3.01. The van der Waals surface area contributed by atoms with E-state index in [1.807, 2.05) is 27.7 Å². The lowest BCUT2D eigenvalue weighted by molar-refractivity contribution is -0.125. The van der Waals surface area contributed by atoms with Gasteiger partial charge >= 0.3 is 6.09 Å². The summed E-state index contributed by atoms with van der Waals surface area (Å²) in [6, 6.07) is -0.422. The highest BCUT2D eigenvalue weighted by molar-refractivity contribution is 5.89. The summed E-state index contributed by atoms with van der Waals surface area (Å²) in [5.41, 5.74) is 0. The van der Waals surface area contributed by atoms with Gasteiger partial charge in [-0.1, -0.05) is 27.7 Å². The Bertz CT molecular complexity index is 260. The van der Waals surface area contributed by atoms with Gasteiger partial charge in [0.1, 0.15) is 0 Å². The maximum atomic E-state index is 12.3. The molecule has 0 aromatic rings. The Kier molecular flexibility index (Phi) is 8.42. The van der Waals surface area contributed by atoms with Gasteiger partial charge < -0.3 is 10.1 Å². The van der Waals surface area contributed by atoms with Crippen molar-refractivity contribution in [3.8, 4) is 0 Å². The highest BCUT2D eigenvalue weighted by atomic mass is 16.5. The Morgan fingerprint density at radius 2 is 1.67 bits per heavy atom. The SMILES string of the molecule is CCOC(=O)N[C@@H](CC(C)C)C(=O)C(CC)CC. The highest BCUT2D eigenvalue weighted by Gasteiger charge is 2.27. The number of hydrogen-bond acceptors (Lipinski definition) is 3. The van der Waals surface area contributed by atoms with Crippen molar-refractivity contribution in [3.63, 3.8) is 0 Å². The summed E-state index contributed by atoms with van der Waals surface area (Å²) in [5.74, 6) is 0.507. The maximum absolute atomic E-state index is 12.3. The molecular weight excluding hydrogens is 230 g/mol. The number of Topliss-reactive ketones (excluding diaryl/α,β-unsaturated/α-hetero) is 1. The number of carbonyl (C=O) groups excluding carboxylic acids is 2. The number of carbonyl (C=O) groups is 2. The van der Waals surface area contributed by atoms with Crippen LogP contribution in [0, 0.1) is 11.8 Å². The Morgan fingerprint density at radius 3 is 2.06 bits per heavy atom. The Hall–Kier alpha value is -1.06. The molecule has 1 atom stereocenters. The van der Waals surface area contributed by atoms with Crippen LogP contribution in [0.3, 0.4) is 0 Å². The average Bonchev–Trinajstić information content (AvgIpc) is 2.29. The van der Waals surface area contributed by atoms with E-state index in [0.717, 1.165) is 12.8 Å². The fraction of sp³-hybridized carbons (Fsp3) is 0.857. The van der Waals surface area contributed by atoms with Crippen molar-refractivity contribution in [2.45, 2.75) is 59.9 Å². The highest BCUT2D eigenvalue weighted by Crippen LogP contribution is 2.16. The molecule has 0 heterocycles. The largest absolute Gasteiger partial charge is 0.450 e. The van der Waals surface area contributed by atoms with Crippen molar-refractivity contribution in [2.24, 2.45) is 11.8 Å². The predicted molar refractivity (Wildman–Crippen MR) is 72.5 cm³/mol. The zero-order chi connectivity index (χ0) is 14.1. The van der Waals surface area contributed by atoms with Gasteiger partial charge in [-0.3, -0.25) is 4.79 Å². The normalized spacial score (nSPS) is 12.6. The fourth-order valence-electron chi connectivity index (χ4n) is 2.01. The molecule has 0 aliphatic rings. The summed E-state index contributed by atoms with van der Waals surface area (Å²) >= 11 is 0. The van der Waals surface area contributed by atoms with E-state index in [1.54, 1.807) is 6.92 Å². The van der Waals surface area contributed by atoms with Crippen LogP contribution in [0.25, 0.3) is 0 Å². The Balaban J connectivity index is 4.65. The van der Waals surface area contributed by atoms with Gasteiger partial charge in [-0.15, -0.1) is 0 Å². The molecule has 18 heavy (non-hydrogen) atoms. The summed E-state index contributed by atoms with van der Waals surface area (Å²) in [4.78, 5) is 23.8. The van der Waals surface area contributed by atoms with Gasteiger partial charge in [0.2, 0.25) is 0 Å². The van der Waals surface area contributed by atoms with Gasteiger partial charge in [0, 0.05) is 5.92 Å². The summed E-state index contributed by atoms with van der Waals surface area (Å²) in [6.45, 7) is 10.2. The van der Waals surface area contributed by atoms with Gasteiger partial charge in [-0.05, 0) is 32.1 Å². The van der Waals surface area contributed by atoms with Crippen LogP contribution < -0.4 is 5.32 Å². The molecule has 1 N–H and O–H groups in total. The number of ether oxygens (including phenoxy) is 1. The molecule has 0 aromatic carbocycles. The van der Waals surface area contributed by atoms with E-state index in [2.05, 4.69) is 5.32 Å². The molecule has 0 aliphatic carbocycles. The van der Waals surface area contributed by atoms with Crippen molar-refractivity contribution >= 4 is 11.9 Å². The molecule has 0 saturated carbocycles. The average molecular weight is 257 g/mol. The van der Waals surface area contributed by atoms with E-state index in [0.29, 0.717) is 18.9 Å². The van der Waals surface area contributed by atoms with E-state index >= 15 is 0 Å². The van der Waals surface area contributed by atoms with Gasteiger partial charge in [0.25, 0.3) is 0 Å². The van der Waals surface area contributed by atoms with Crippen LogP contribution in [-0.2, 0) is 9.53 Å². The zero-order valence-corrected chi connectivity index (χ0v) is 12.3. The topological polar surface area (TPSA) is 55.4 Å². The van der Waals surface area contributed by atoms with E-state index in [4.69, 9.17) is 4.74 Å². The number of nitrogens with one attached hydrogen (secondary N) is 1. The van der Waals surface area contributed by atoms with E-state index < -0.39 is 12.1 Å². The first kappa shape index (κ1) is 16.9. The second-order valence-corrected chi connectivity index (χ2v) is 4.96. The molecule has 0 radical (unpaired) electrons. The van der Waals surface area contributed by atoms with E-state index in [-0.39, 0.29) is 11.7 Å². The molecule has 0 saturated heterocycles. The van der Waals surface area contributed by atoms with Crippen molar-refractivity contribution in [1.29, 1.82) is 0 Å². The van der Waals surface area contributed by atoms with Crippen molar-refractivity contribution in [2.75, 3.05) is 6.61 Å². The number of hydrogen-bond donors (Lipinski definition) is 1. The molecule has 0 unspecified atom stereocenters. The van der Waals surface area contributed by atoms with E-state index in [1.165, 1.54) is 0 Å². The standard InChI is InChI=1S/C14H27NO3/c1-6-11(7-2)13(16)12(9-10(4)5)15-14(17)18-8-3/h10-12H,6-9H2,1-5H3,(H,15,17)/t12-/m0/s1. The third-order valence-corrected chi connectivity index (χ3v) is 3.01. The molecule has 0 spiro atoms. The number of ketones is 1. The van der Waals surface area contributed by atoms with Gasteiger partial charge in [0.05, 0.1) is 12.6 Å². The first-order valence-corrected chi connectivity index (χ1v) is 6.93. The smallest absolute Gasteiger partial charge is 0.407 e. The molecule has 0 aromatic heterocycles. The second kappa shape index (κ2) is 8.95.